The molecule has 1 aliphatic heterocycles. The number of carbonyl (C=O) groups excluding carboxylic acids is 1. The molecule has 9 nitrogen and oxygen atoms in total. The van der Waals surface area contributed by atoms with E-state index in [2.05, 4.69) is 15.4 Å². The zero-order valence-corrected chi connectivity index (χ0v) is 13.5. The van der Waals surface area contributed by atoms with Gasteiger partial charge in [0.05, 0.1) is 13.2 Å². The van der Waals surface area contributed by atoms with Gasteiger partial charge in [0.2, 0.25) is 5.95 Å². The van der Waals surface area contributed by atoms with Crippen molar-refractivity contribution < 1.29 is 23.5 Å². The van der Waals surface area contributed by atoms with Gasteiger partial charge < -0.3 is 19.5 Å². The SMILES string of the molecule is CCOC(=O)c1cn2c(n1)NCC(CNP(=O)(O)OCC)C2. The van der Waals surface area contributed by atoms with Crippen molar-refractivity contribution in [2.24, 2.45) is 5.92 Å². The molecule has 1 aromatic heterocycles. The zero-order valence-electron chi connectivity index (χ0n) is 12.6. The molecule has 3 N–H and O–H groups in total. The molecule has 2 rings (SSSR count). The average Bonchev–Trinajstić information content (AvgIpc) is 2.88. The van der Waals surface area contributed by atoms with Crippen LogP contribution in [-0.2, 0) is 20.4 Å². The standard InChI is InChI=1S/C12H21N4O5P/c1-3-20-11(17)10-8-16-7-9(5-13-12(16)15-10)6-14-22(18,19)21-4-2/h8-9H,3-7H2,1-2H3,(H,13,15)(H2,14,18,19). The lowest BCUT2D eigenvalue weighted by Gasteiger charge is -2.25. The van der Waals surface area contributed by atoms with E-state index in [4.69, 9.17) is 9.26 Å². The van der Waals surface area contributed by atoms with E-state index in [1.807, 2.05) is 0 Å². The summed E-state index contributed by atoms with van der Waals surface area (Å²) < 4.78 is 23.0. The smallest absolute Gasteiger partial charge is 0.402 e. The third-order valence-electron chi connectivity index (χ3n) is 3.15. The van der Waals surface area contributed by atoms with Gasteiger partial charge in [-0.15, -0.1) is 0 Å². The third-order valence-corrected chi connectivity index (χ3v) is 4.34. The lowest BCUT2D eigenvalue weighted by molar-refractivity contribution is 0.0520. The van der Waals surface area contributed by atoms with E-state index in [1.54, 1.807) is 24.6 Å². The van der Waals surface area contributed by atoms with Crippen LogP contribution in [0, 0.1) is 5.92 Å². The Morgan fingerprint density at radius 2 is 2.36 bits per heavy atom. The molecule has 0 saturated carbocycles. The van der Waals surface area contributed by atoms with Crippen molar-refractivity contribution >= 4 is 19.7 Å². The summed E-state index contributed by atoms with van der Waals surface area (Å²) in [5.74, 6) is 0.200. The first kappa shape index (κ1) is 17.0. The minimum absolute atomic E-state index is 0.0673. The molecule has 0 aromatic carbocycles. The van der Waals surface area contributed by atoms with Gasteiger partial charge in [0.1, 0.15) is 0 Å². The number of hydrogen-bond donors (Lipinski definition) is 3. The molecule has 2 unspecified atom stereocenters. The minimum Gasteiger partial charge on any atom is -0.461 e. The van der Waals surface area contributed by atoms with Crippen LogP contribution < -0.4 is 10.4 Å². The Kier molecular flexibility index (Phi) is 5.57. The quantitative estimate of drug-likeness (QED) is 0.497. The van der Waals surface area contributed by atoms with Crippen molar-refractivity contribution in [2.75, 3.05) is 31.6 Å². The Bertz CT molecular complexity index is 576. The second-order valence-electron chi connectivity index (χ2n) is 4.87. The van der Waals surface area contributed by atoms with Gasteiger partial charge in [-0.3, -0.25) is 4.52 Å². The van der Waals surface area contributed by atoms with E-state index >= 15 is 0 Å². The molecule has 2 atom stereocenters. The summed E-state index contributed by atoms with van der Waals surface area (Å²) in [5.41, 5.74) is 0.250. The number of hydrogen-bond acceptors (Lipinski definition) is 6. The second-order valence-corrected chi connectivity index (χ2v) is 6.49. The molecular weight excluding hydrogens is 311 g/mol. The number of imidazole rings is 1. The monoisotopic (exact) mass is 332 g/mol. The van der Waals surface area contributed by atoms with E-state index in [0.29, 0.717) is 32.2 Å². The molecule has 0 saturated heterocycles. The normalized spacial score (nSPS) is 19.9. The van der Waals surface area contributed by atoms with Gasteiger partial charge in [-0.1, -0.05) is 0 Å². The highest BCUT2D eigenvalue weighted by Gasteiger charge is 2.25. The molecule has 0 fully saturated rings. The molecule has 0 spiro atoms. The van der Waals surface area contributed by atoms with Gasteiger partial charge in [0.25, 0.3) is 0 Å². The first-order valence-corrected chi connectivity index (χ1v) is 8.73. The van der Waals surface area contributed by atoms with Crippen LogP contribution >= 0.6 is 7.75 Å². The summed E-state index contributed by atoms with van der Waals surface area (Å²) in [7, 11) is -3.74. The summed E-state index contributed by atoms with van der Waals surface area (Å²) >= 11 is 0. The third kappa shape index (κ3) is 4.30. The molecule has 0 amide bonds. The summed E-state index contributed by atoms with van der Waals surface area (Å²) in [6, 6.07) is 0. The summed E-state index contributed by atoms with van der Waals surface area (Å²) in [6.07, 6.45) is 1.62. The van der Waals surface area contributed by atoms with E-state index in [1.165, 1.54) is 0 Å². The molecule has 2 heterocycles. The highest BCUT2D eigenvalue weighted by atomic mass is 31.2. The number of rotatable bonds is 7. The molecule has 124 valence electrons. The Morgan fingerprint density at radius 1 is 1.59 bits per heavy atom. The van der Waals surface area contributed by atoms with Crippen molar-refractivity contribution in [3.05, 3.63) is 11.9 Å². The van der Waals surface area contributed by atoms with Crippen LogP contribution in [0.5, 0.6) is 0 Å². The summed E-state index contributed by atoms with van der Waals surface area (Å²) in [4.78, 5) is 25.3. The van der Waals surface area contributed by atoms with Crippen LogP contribution in [0.4, 0.5) is 5.95 Å². The van der Waals surface area contributed by atoms with Crippen molar-refractivity contribution in [3.8, 4) is 0 Å². The van der Waals surface area contributed by atoms with E-state index < -0.39 is 13.7 Å². The fourth-order valence-electron chi connectivity index (χ4n) is 2.18. The maximum atomic E-state index is 11.6. The molecule has 1 aliphatic rings. The number of carbonyl (C=O) groups is 1. The molecule has 22 heavy (non-hydrogen) atoms. The van der Waals surface area contributed by atoms with Crippen molar-refractivity contribution in [1.29, 1.82) is 0 Å². The largest absolute Gasteiger partial charge is 0.461 e. The van der Waals surface area contributed by atoms with E-state index in [9.17, 15) is 14.3 Å². The molecule has 0 bridgehead atoms. The van der Waals surface area contributed by atoms with Gasteiger partial charge in [-0.05, 0) is 13.8 Å². The van der Waals surface area contributed by atoms with Gasteiger partial charge in [-0.25, -0.2) is 19.4 Å². The van der Waals surface area contributed by atoms with E-state index in [0.717, 1.165) is 0 Å². The van der Waals surface area contributed by atoms with Crippen LogP contribution in [-0.4, -0.2) is 46.7 Å². The minimum atomic E-state index is -3.74. The number of fused-ring (bicyclic) bond motifs is 1. The van der Waals surface area contributed by atoms with Gasteiger partial charge in [-0.2, -0.15) is 0 Å². The van der Waals surface area contributed by atoms with Crippen LogP contribution in [0.15, 0.2) is 6.20 Å². The van der Waals surface area contributed by atoms with Crippen LogP contribution in [0.25, 0.3) is 0 Å². The Balaban J connectivity index is 1.94. The van der Waals surface area contributed by atoms with Crippen LogP contribution in [0.2, 0.25) is 0 Å². The average molecular weight is 332 g/mol. The topological polar surface area (TPSA) is 115 Å². The number of esters is 1. The number of anilines is 1. The Hall–Kier alpha value is -1.41. The van der Waals surface area contributed by atoms with Crippen LogP contribution in [0.1, 0.15) is 24.3 Å². The molecule has 10 heteroatoms. The summed E-state index contributed by atoms with van der Waals surface area (Å²) in [5, 5.41) is 5.62. The molecule has 0 aliphatic carbocycles. The van der Waals surface area contributed by atoms with Gasteiger partial charge >= 0.3 is 13.7 Å². The maximum absolute atomic E-state index is 11.6. The van der Waals surface area contributed by atoms with Gasteiger partial charge in [0, 0.05) is 31.7 Å². The number of nitrogens with zero attached hydrogens (tertiary/aromatic N) is 2. The highest BCUT2D eigenvalue weighted by molar-refractivity contribution is 7.50. The first-order chi connectivity index (χ1) is 10.4. The second kappa shape index (κ2) is 7.23. The maximum Gasteiger partial charge on any atom is 0.402 e. The number of nitrogens with one attached hydrogen (secondary N) is 2. The lowest BCUT2D eigenvalue weighted by atomic mass is 10.1. The zero-order chi connectivity index (χ0) is 16.2. The lowest BCUT2D eigenvalue weighted by Crippen LogP contribution is -2.34. The summed E-state index contributed by atoms with van der Waals surface area (Å²) in [6.45, 7) is 5.32. The molecular formula is C12H21N4O5P. The van der Waals surface area contributed by atoms with Gasteiger partial charge in [0.15, 0.2) is 5.69 Å². The predicted octanol–water partition coefficient (Wildman–Crippen LogP) is 0.828. The number of ether oxygens (including phenoxy) is 1. The fraction of sp³-hybridized carbons (Fsp3) is 0.667. The number of aromatic nitrogens is 2. The van der Waals surface area contributed by atoms with Crippen molar-refractivity contribution in [2.45, 2.75) is 20.4 Å². The molecule has 0 radical (unpaired) electrons. The van der Waals surface area contributed by atoms with Crippen molar-refractivity contribution in [3.63, 3.8) is 0 Å². The Morgan fingerprint density at radius 3 is 3.05 bits per heavy atom. The first-order valence-electron chi connectivity index (χ1n) is 7.15. The van der Waals surface area contributed by atoms with Crippen LogP contribution in [0.3, 0.4) is 0 Å². The molecule has 1 aromatic rings. The highest BCUT2D eigenvalue weighted by Crippen LogP contribution is 2.36. The predicted molar refractivity (Wildman–Crippen MR) is 79.6 cm³/mol. The fourth-order valence-corrected chi connectivity index (χ4v) is 3.11. The van der Waals surface area contributed by atoms with E-state index in [-0.39, 0.29) is 18.2 Å². The Labute approximate surface area is 128 Å². The van der Waals surface area contributed by atoms with Crippen molar-refractivity contribution in [1.82, 2.24) is 14.6 Å².